The standard InChI is InChI=1S/C17H23N7O2/c1-13-10-19-14(11-18-13)16(25)22(2)8-9-24-12-15(20-21-24)17(26)23-6-4-3-5-7-23/h10-12H,3-9H2,1-2H3. The average molecular weight is 357 g/mol. The zero-order valence-electron chi connectivity index (χ0n) is 15.1. The molecule has 0 N–H and O–H groups in total. The first-order valence-electron chi connectivity index (χ1n) is 8.78. The van der Waals surface area contributed by atoms with Crippen LogP contribution in [0.5, 0.6) is 0 Å². The fraction of sp³-hybridized carbons (Fsp3) is 0.529. The first-order valence-corrected chi connectivity index (χ1v) is 8.78. The lowest BCUT2D eigenvalue weighted by Gasteiger charge is -2.25. The molecule has 2 amide bonds. The number of amides is 2. The molecule has 138 valence electrons. The quantitative estimate of drug-likeness (QED) is 0.784. The Labute approximate surface area is 152 Å². The van der Waals surface area contributed by atoms with Crippen molar-refractivity contribution < 1.29 is 9.59 Å². The van der Waals surface area contributed by atoms with Crippen LogP contribution in [0.3, 0.4) is 0 Å². The van der Waals surface area contributed by atoms with E-state index >= 15 is 0 Å². The van der Waals surface area contributed by atoms with Gasteiger partial charge in [-0.2, -0.15) is 0 Å². The van der Waals surface area contributed by atoms with E-state index in [1.54, 1.807) is 29.0 Å². The molecular formula is C17H23N7O2. The topological polar surface area (TPSA) is 97.1 Å². The van der Waals surface area contributed by atoms with Gasteiger partial charge in [0, 0.05) is 32.9 Å². The zero-order chi connectivity index (χ0) is 18.5. The monoisotopic (exact) mass is 357 g/mol. The summed E-state index contributed by atoms with van der Waals surface area (Å²) in [5.74, 6) is -0.280. The molecule has 0 spiro atoms. The highest BCUT2D eigenvalue weighted by atomic mass is 16.2. The predicted molar refractivity (Wildman–Crippen MR) is 93.5 cm³/mol. The van der Waals surface area contributed by atoms with Crippen molar-refractivity contribution in [1.82, 2.24) is 34.8 Å². The second-order valence-corrected chi connectivity index (χ2v) is 6.49. The van der Waals surface area contributed by atoms with E-state index in [4.69, 9.17) is 0 Å². The number of nitrogens with zero attached hydrogens (tertiary/aromatic N) is 7. The van der Waals surface area contributed by atoms with Crippen LogP contribution in [0, 0.1) is 6.92 Å². The van der Waals surface area contributed by atoms with E-state index in [-0.39, 0.29) is 11.8 Å². The summed E-state index contributed by atoms with van der Waals surface area (Å²) in [5.41, 5.74) is 1.42. The SMILES string of the molecule is Cc1cnc(C(=O)N(C)CCn2cc(C(=O)N3CCCCC3)nn2)cn1. The molecule has 0 aromatic carbocycles. The lowest BCUT2D eigenvalue weighted by Crippen LogP contribution is -2.35. The van der Waals surface area contributed by atoms with E-state index in [9.17, 15) is 9.59 Å². The van der Waals surface area contributed by atoms with E-state index in [2.05, 4.69) is 20.3 Å². The van der Waals surface area contributed by atoms with Gasteiger partial charge in [-0.15, -0.1) is 5.10 Å². The molecule has 0 unspecified atom stereocenters. The number of aromatic nitrogens is 5. The number of piperidine rings is 1. The van der Waals surface area contributed by atoms with Gasteiger partial charge in [0.05, 0.1) is 24.6 Å². The largest absolute Gasteiger partial charge is 0.338 e. The number of hydrogen-bond acceptors (Lipinski definition) is 6. The van der Waals surface area contributed by atoms with Gasteiger partial charge in [0.2, 0.25) is 0 Å². The third kappa shape index (κ3) is 4.22. The van der Waals surface area contributed by atoms with Crippen LogP contribution in [0.25, 0.3) is 0 Å². The second-order valence-electron chi connectivity index (χ2n) is 6.49. The minimum Gasteiger partial charge on any atom is -0.338 e. The summed E-state index contributed by atoms with van der Waals surface area (Å²) in [6.07, 6.45) is 7.92. The summed E-state index contributed by atoms with van der Waals surface area (Å²) in [6.45, 7) is 4.25. The third-order valence-electron chi connectivity index (χ3n) is 4.41. The van der Waals surface area contributed by atoms with E-state index in [0.717, 1.165) is 31.6 Å². The molecule has 0 aliphatic carbocycles. The van der Waals surface area contributed by atoms with Crippen LogP contribution in [0.2, 0.25) is 0 Å². The Morgan fingerprint density at radius 2 is 1.88 bits per heavy atom. The number of hydrogen-bond donors (Lipinski definition) is 0. The molecule has 1 aliphatic rings. The fourth-order valence-corrected chi connectivity index (χ4v) is 2.82. The van der Waals surface area contributed by atoms with Crippen molar-refractivity contribution in [3.05, 3.63) is 35.7 Å². The predicted octanol–water partition coefficient (Wildman–Crippen LogP) is 0.775. The smallest absolute Gasteiger partial charge is 0.276 e. The summed E-state index contributed by atoms with van der Waals surface area (Å²) in [5, 5.41) is 7.98. The summed E-state index contributed by atoms with van der Waals surface area (Å²) < 4.78 is 1.59. The maximum Gasteiger partial charge on any atom is 0.276 e. The molecule has 0 atom stereocenters. The Hall–Kier alpha value is -2.84. The highest BCUT2D eigenvalue weighted by molar-refractivity contribution is 5.92. The molecule has 3 heterocycles. The van der Waals surface area contributed by atoms with Gasteiger partial charge >= 0.3 is 0 Å². The average Bonchev–Trinajstić information content (AvgIpc) is 3.15. The number of carbonyl (C=O) groups excluding carboxylic acids is 2. The van der Waals surface area contributed by atoms with Crippen LogP contribution in [0.15, 0.2) is 18.6 Å². The number of likely N-dealkylation sites (N-methyl/N-ethyl adjacent to an activating group) is 1. The number of aryl methyl sites for hydroxylation is 1. The Bertz CT molecular complexity index is 766. The van der Waals surface area contributed by atoms with E-state index in [0.29, 0.717) is 24.5 Å². The Kier molecular flexibility index (Phi) is 5.55. The van der Waals surface area contributed by atoms with Crippen LogP contribution in [-0.2, 0) is 6.54 Å². The summed E-state index contributed by atoms with van der Waals surface area (Å²) >= 11 is 0. The van der Waals surface area contributed by atoms with Crippen molar-refractivity contribution in [2.45, 2.75) is 32.7 Å². The van der Waals surface area contributed by atoms with Crippen LogP contribution in [0.4, 0.5) is 0 Å². The Balaban J connectivity index is 1.54. The molecule has 0 bridgehead atoms. The van der Waals surface area contributed by atoms with Crippen molar-refractivity contribution >= 4 is 11.8 Å². The molecular weight excluding hydrogens is 334 g/mol. The summed E-state index contributed by atoms with van der Waals surface area (Å²) in [7, 11) is 1.70. The molecule has 0 saturated carbocycles. The summed E-state index contributed by atoms with van der Waals surface area (Å²) in [6, 6.07) is 0. The maximum absolute atomic E-state index is 12.4. The van der Waals surface area contributed by atoms with Gasteiger partial charge in [-0.3, -0.25) is 14.6 Å². The van der Waals surface area contributed by atoms with Crippen molar-refractivity contribution in [2.24, 2.45) is 0 Å². The molecule has 1 aliphatic heterocycles. The van der Waals surface area contributed by atoms with Gasteiger partial charge in [0.1, 0.15) is 5.69 Å². The molecule has 3 rings (SSSR count). The molecule has 2 aromatic rings. The fourth-order valence-electron chi connectivity index (χ4n) is 2.82. The van der Waals surface area contributed by atoms with Gasteiger partial charge in [-0.1, -0.05) is 5.21 Å². The molecule has 1 saturated heterocycles. The minimum absolute atomic E-state index is 0.0738. The Morgan fingerprint density at radius 1 is 1.12 bits per heavy atom. The normalized spacial score (nSPS) is 14.3. The maximum atomic E-state index is 12.4. The van der Waals surface area contributed by atoms with Gasteiger partial charge < -0.3 is 9.80 Å². The van der Waals surface area contributed by atoms with E-state index in [1.165, 1.54) is 12.6 Å². The number of carbonyl (C=O) groups is 2. The minimum atomic E-state index is -0.206. The first kappa shape index (κ1) is 18.0. The molecule has 9 heteroatoms. The molecule has 26 heavy (non-hydrogen) atoms. The van der Waals surface area contributed by atoms with E-state index in [1.807, 2.05) is 11.8 Å². The van der Waals surface area contributed by atoms with E-state index < -0.39 is 0 Å². The van der Waals surface area contributed by atoms with Crippen LogP contribution < -0.4 is 0 Å². The van der Waals surface area contributed by atoms with Gasteiger partial charge in [0.15, 0.2) is 5.69 Å². The van der Waals surface area contributed by atoms with Crippen molar-refractivity contribution in [3.63, 3.8) is 0 Å². The third-order valence-corrected chi connectivity index (χ3v) is 4.41. The van der Waals surface area contributed by atoms with Crippen molar-refractivity contribution in [2.75, 3.05) is 26.7 Å². The lowest BCUT2D eigenvalue weighted by atomic mass is 10.1. The molecule has 1 fully saturated rings. The molecule has 9 nitrogen and oxygen atoms in total. The lowest BCUT2D eigenvalue weighted by molar-refractivity contribution is 0.0717. The second kappa shape index (κ2) is 8.03. The highest BCUT2D eigenvalue weighted by Gasteiger charge is 2.21. The molecule has 0 radical (unpaired) electrons. The van der Waals surface area contributed by atoms with Crippen LogP contribution in [0.1, 0.15) is 45.9 Å². The van der Waals surface area contributed by atoms with Gasteiger partial charge in [-0.25, -0.2) is 9.67 Å². The number of likely N-dealkylation sites (tertiary alicyclic amines) is 1. The van der Waals surface area contributed by atoms with Crippen LogP contribution in [-0.4, -0.2) is 73.3 Å². The summed E-state index contributed by atoms with van der Waals surface area (Å²) in [4.78, 5) is 36.3. The Morgan fingerprint density at radius 3 is 2.58 bits per heavy atom. The van der Waals surface area contributed by atoms with Crippen molar-refractivity contribution in [3.8, 4) is 0 Å². The molecule has 2 aromatic heterocycles. The highest BCUT2D eigenvalue weighted by Crippen LogP contribution is 2.11. The van der Waals surface area contributed by atoms with Gasteiger partial charge in [0.25, 0.3) is 11.8 Å². The van der Waals surface area contributed by atoms with Gasteiger partial charge in [-0.05, 0) is 26.2 Å². The van der Waals surface area contributed by atoms with Crippen LogP contribution >= 0.6 is 0 Å². The number of rotatable bonds is 5. The van der Waals surface area contributed by atoms with Crippen molar-refractivity contribution in [1.29, 1.82) is 0 Å². The zero-order valence-corrected chi connectivity index (χ0v) is 15.1. The first-order chi connectivity index (χ1) is 12.5.